The van der Waals surface area contributed by atoms with Crippen molar-refractivity contribution in [3.8, 4) is 0 Å². The summed E-state index contributed by atoms with van der Waals surface area (Å²) >= 11 is 1.86. The lowest BCUT2D eigenvalue weighted by Crippen LogP contribution is -2.43. The Labute approximate surface area is 167 Å². The smallest absolute Gasteiger partial charge is 0.191 e. The highest BCUT2D eigenvalue weighted by Crippen LogP contribution is 2.16. The first kappa shape index (κ1) is 23.6. The van der Waals surface area contributed by atoms with Gasteiger partial charge >= 0.3 is 0 Å². The van der Waals surface area contributed by atoms with Crippen molar-refractivity contribution in [3.63, 3.8) is 0 Å². The molecular weight excluding hydrogens is 437 g/mol. The first-order valence-electron chi connectivity index (χ1n) is 8.32. The van der Waals surface area contributed by atoms with Crippen LogP contribution in [0.15, 0.2) is 17.1 Å². The van der Waals surface area contributed by atoms with E-state index in [0.717, 1.165) is 38.5 Å². The van der Waals surface area contributed by atoms with Gasteiger partial charge in [0, 0.05) is 49.0 Å². The molecule has 0 saturated heterocycles. The zero-order valence-electron chi connectivity index (χ0n) is 15.3. The Balaban J connectivity index is 0.00000529. The normalized spacial score (nSPS) is 12.6. The van der Waals surface area contributed by atoms with Crippen molar-refractivity contribution in [2.24, 2.45) is 4.99 Å². The fraction of sp³-hybridized carbons (Fsp3) is 0.706. The van der Waals surface area contributed by atoms with Crippen molar-refractivity contribution < 1.29 is 9.47 Å². The first-order valence-corrected chi connectivity index (χ1v) is 9.14. The van der Waals surface area contributed by atoms with Crippen LogP contribution in [0.3, 0.4) is 0 Å². The molecule has 7 heteroatoms. The highest BCUT2D eigenvalue weighted by atomic mass is 127. The van der Waals surface area contributed by atoms with E-state index >= 15 is 0 Å². The van der Waals surface area contributed by atoms with Crippen LogP contribution in [0, 0.1) is 6.92 Å². The molecule has 1 heterocycles. The minimum Gasteiger partial charge on any atom is -0.382 e. The number of aryl methyl sites for hydroxylation is 1. The summed E-state index contributed by atoms with van der Waals surface area (Å²) in [6, 6.07) is 4.73. The number of hydrogen-bond acceptors (Lipinski definition) is 4. The summed E-state index contributed by atoms with van der Waals surface area (Å²) in [6.45, 7) is 10.0. The second-order valence-corrected chi connectivity index (χ2v) is 6.85. The van der Waals surface area contributed by atoms with E-state index in [0.29, 0.717) is 19.3 Å². The number of methoxy groups -OCH3 is 1. The van der Waals surface area contributed by atoms with Crippen LogP contribution in [0.25, 0.3) is 0 Å². The first-order chi connectivity index (χ1) is 11.2. The van der Waals surface area contributed by atoms with Crippen LogP contribution in [0.4, 0.5) is 0 Å². The maximum atomic E-state index is 5.44. The lowest BCUT2D eigenvalue weighted by molar-refractivity contribution is 0.0702. The summed E-state index contributed by atoms with van der Waals surface area (Å²) in [4.78, 5) is 7.37. The maximum absolute atomic E-state index is 5.44. The molecule has 1 atom stereocenters. The summed E-state index contributed by atoms with van der Waals surface area (Å²) in [5, 5.41) is 6.77. The summed E-state index contributed by atoms with van der Waals surface area (Å²) in [6.07, 6.45) is 1.93. The van der Waals surface area contributed by atoms with E-state index in [9.17, 15) is 0 Å². The lowest BCUT2D eigenvalue weighted by atomic mass is 10.2. The van der Waals surface area contributed by atoms with Gasteiger partial charge in [-0.2, -0.15) is 0 Å². The van der Waals surface area contributed by atoms with Gasteiger partial charge in [0.25, 0.3) is 0 Å². The Morgan fingerprint density at radius 3 is 2.71 bits per heavy atom. The minimum absolute atomic E-state index is 0. The molecule has 0 radical (unpaired) electrons. The Bertz CT molecular complexity index is 455. The van der Waals surface area contributed by atoms with E-state index in [1.54, 1.807) is 7.11 Å². The molecule has 0 aliphatic carbocycles. The van der Waals surface area contributed by atoms with Gasteiger partial charge in [0.1, 0.15) is 0 Å². The summed E-state index contributed by atoms with van der Waals surface area (Å²) in [5.41, 5.74) is 0. The Morgan fingerprint density at radius 1 is 1.29 bits per heavy atom. The van der Waals surface area contributed by atoms with E-state index in [1.165, 1.54) is 9.75 Å². The van der Waals surface area contributed by atoms with Crippen LogP contribution in [0.1, 0.15) is 30.0 Å². The maximum Gasteiger partial charge on any atom is 0.191 e. The largest absolute Gasteiger partial charge is 0.382 e. The molecule has 24 heavy (non-hydrogen) atoms. The molecule has 2 N–H and O–H groups in total. The van der Waals surface area contributed by atoms with E-state index in [-0.39, 0.29) is 24.0 Å². The van der Waals surface area contributed by atoms with Crippen LogP contribution in [-0.2, 0) is 15.9 Å². The van der Waals surface area contributed by atoms with Gasteiger partial charge in [0.2, 0.25) is 0 Å². The van der Waals surface area contributed by atoms with Gasteiger partial charge in [0.15, 0.2) is 5.96 Å². The highest BCUT2D eigenvalue weighted by Gasteiger charge is 2.07. The summed E-state index contributed by atoms with van der Waals surface area (Å²) in [5.74, 6) is 0.880. The summed E-state index contributed by atoms with van der Waals surface area (Å²) < 4.78 is 10.4. The van der Waals surface area contributed by atoms with Crippen LogP contribution in [0.2, 0.25) is 0 Å². The fourth-order valence-corrected chi connectivity index (χ4v) is 3.12. The molecule has 0 amide bonds. The standard InChI is InChI=1S/C17H31N3O2S.HI/c1-5-18-17(19-9-6-10-22-12-11-21-4)20-14(2)13-16-8-7-15(3)23-16;/h7-8,14H,5-6,9-13H2,1-4H3,(H2,18,19,20);1H. The second-order valence-electron chi connectivity index (χ2n) is 5.48. The van der Waals surface area contributed by atoms with E-state index in [2.05, 4.69) is 48.5 Å². The number of guanidine groups is 1. The van der Waals surface area contributed by atoms with Crippen LogP contribution in [0.5, 0.6) is 0 Å². The molecule has 0 aliphatic heterocycles. The molecule has 1 rings (SSSR count). The number of nitrogens with zero attached hydrogens (tertiary/aromatic N) is 1. The van der Waals surface area contributed by atoms with Gasteiger partial charge in [-0.15, -0.1) is 35.3 Å². The van der Waals surface area contributed by atoms with Gasteiger partial charge in [-0.1, -0.05) is 0 Å². The van der Waals surface area contributed by atoms with Gasteiger partial charge in [-0.25, -0.2) is 0 Å². The van der Waals surface area contributed by atoms with Crippen molar-refractivity contribution in [2.45, 2.75) is 39.7 Å². The van der Waals surface area contributed by atoms with Gasteiger partial charge in [-0.05, 0) is 39.3 Å². The monoisotopic (exact) mass is 469 g/mol. The van der Waals surface area contributed by atoms with Crippen LogP contribution in [-0.4, -0.2) is 52.0 Å². The van der Waals surface area contributed by atoms with Crippen molar-refractivity contribution in [2.75, 3.05) is 40.0 Å². The molecule has 0 aliphatic rings. The zero-order valence-corrected chi connectivity index (χ0v) is 18.4. The number of halogens is 1. The van der Waals surface area contributed by atoms with Crippen molar-refractivity contribution >= 4 is 41.3 Å². The zero-order chi connectivity index (χ0) is 16.9. The van der Waals surface area contributed by atoms with Crippen molar-refractivity contribution in [1.82, 2.24) is 10.6 Å². The molecule has 0 saturated carbocycles. The van der Waals surface area contributed by atoms with Crippen molar-refractivity contribution in [3.05, 3.63) is 21.9 Å². The molecular formula is C17H32IN3O2S. The number of aliphatic imine (C=N–C) groups is 1. The van der Waals surface area contributed by atoms with Gasteiger partial charge < -0.3 is 20.1 Å². The van der Waals surface area contributed by atoms with Crippen LogP contribution >= 0.6 is 35.3 Å². The number of nitrogens with one attached hydrogen (secondary N) is 2. The van der Waals surface area contributed by atoms with Gasteiger partial charge in [0.05, 0.1) is 13.2 Å². The van der Waals surface area contributed by atoms with Crippen molar-refractivity contribution in [1.29, 1.82) is 0 Å². The fourth-order valence-electron chi connectivity index (χ4n) is 2.10. The van der Waals surface area contributed by atoms with Crippen LogP contribution < -0.4 is 10.6 Å². The number of rotatable bonds is 11. The molecule has 0 bridgehead atoms. The third-order valence-corrected chi connectivity index (χ3v) is 4.20. The summed E-state index contributed by atoms with van der Waals surface area (Å²) in [7, 11) is 1.68. The Hall–Kier alpha value is -0.380. The third-order valence-electron chi connectivity index (χ3n) is 3.18. The molecule has 5 nitrogen and oxygen atoms in total. The minimum atomic E-state index is 0. The molecule has 0 spiro atoms. The molecule has 1 aromatic heterocycles. The van der Waals surface area contributed by atoms with E-state index in [1.807, 2.05) is 11.3 Å². The van der Waals surface area contributed by atoms with E-state index < -0.39 is 0 Å². The number of thiophene rings is 1. The topological polar surface area (TPSA) is 54.9 Å². The Kier molecular flexibility index (Phi) is 14.7. The number of hydrogen-bond donors (Lipinski definition) is 2. The average molecular weight is 469 g/mol. The lowest BCUT2D eigenvalue weighted by Gasteiger charge is -2.17. The predicted octanol–water partition coefficient (Wildman–Crippen LogP) is 3.21. The second kappa shape index (κ2) is 14.9. The number of ether oxygens (including phenoxy) is 2. The molecule has 1 aromatic rings. The highest BCUT2D eigenvalue weighted by molar-refractivity contribution is 14.0. The third kappa shape index (κ3) is 11.2. The molecule has 0 aromatic carbocycles. The quantitative estimate of drug-likeness (QED) is 0.226. The SMILES string of the molecule is CCNC(=NCCCOCCOC)NC(C)Cc1ccc(C)s1.I. The predicted molar refractivity (Wildman–Crippen MR) is 114 cm³/mol. The Morgan fingerprint density at radius 2 is 2.08 bits per heavy atom. The molecule has 140 valence electrons. The van der Waals surface area contributed by atoms with E-state index in [4.69, 9.17) is 9.47 Å². The van der Waals surface area contributed by atoms with Gasteiger partial charge in [-0.3, -0.25) is 4.99 Å². The molecule has 1 unspecified atom stereocenters. The average Bonchev–Trinajstić information content (AvgIpc) is 2.91. The molecule has 0 fully saturated rings.